The molecule has 0 saturated carbocycles. The number of amides is 1. The molecule has 0 bridgehead atoms. The Morgan fingerprint density at radius 1 is 1.42 bits per heavy atom. The van der Waals surface area contributed by atoms with Crippen LogP contribution in [-0.4, -0.2) is 23.0 Å². The van der Waals surface area contributed by atoms with Crippen LogP contribution < -0.4 is 5.32 Å². The van der Waals surface area contributed by atoms with Crippen LogP contribution in [0, 0.1) is 12.3 Å². The van der Waals surface area contributed by atoms with Gasteiger partial charge in [-0.25, -0.2) is 0 Å². The minimum atomic E-state index is -0.962. The molecule has 0 aliphatic heterocycles. The van der Waals surface area contributed by atoms with Crippen molar-refractivity contribution in [2.45, 2.75) is 32.2 Å². The molecule has 1 rings (SSSR count). The summed E-state index contributed by atoms with van der Waals surface area (Å²) in [4.78, 5) is 22.9. The van der Waals surface area contributed by atoms with E-state index in [9.17, 15) is 9.59 Å². The zero-order valence-electron chi connectivity index (χ0n) is 10.8. The molecule has 0 aromatic heterocycles. The Bertz CT molecular complexity index is 502. The highest BCUT2D eigenvalue weighted by Gasteiger charge is 2.15. The Morgan fingerprint density at radius 2 is 2.11 bits per heavy atom. The summed E-state index contributed by atoms with van der Waals surface area (Å²) >= 11 is 0. The van der Waals surface area contributed by atoms with Crippen molar-refractivity contribution in [3.63, 3.8) is 0 Å². The van der Waals surface area contributed by atoms with Gasteiger partial charge in [0.05, 0.1) is 6.42 Å². The Morgan fingerprint density at radius 3 is 2.68 bits per heavy atom. The number of carboxylic acid groups (broad SMARTS) is 1. The molecule has 100 valence electrons. The number of carbonyl (C=O) groups excluding carboxylic acids is 1. The Labute approximate surface area is 112 Å². The molecule has 0 aliphatic carbocycles. The number of aliphatic carboxylic acids is 1. The standard InChI is InChI=1S/C15H17NO3/c1-3-7-12(4-2)16-15(19)13-9-6-5-8-11(13)10-14(17)18/h1,5-6,8-9,12H,4,7,10H2,2H3,(H,16,19)(H,17,18). The molecule has 1 aromatic carbocycles. The molecule has 4 heteroatoms. The lowest BCUT2D eigenvalue weighted by Crippen LogP contribution is -2.34. The van der Waals surface area contributed by atoms with Crippen molar-refractivity contribution in [2.75, 3.05) is 0 Å². The first kappa shape index (κ1) is 14.8. The van der Waals surface area contributed by atoms with Crippen LogP contribution in [0.15, 0.2) is 24.3 Å². The van der Waals surface area contributed by atoms with Crippen molar-refractivity contribution in [3.05, 3.63) is 35.4 Å². The maximum absolute atomic E-state index is 12.1. The van der Waals surface area contributed by atoms with Gasteiger partial charge in [0.1, 0.15) is 0 Å². The van der Waals surface area contributed by atoms with E-state index in [0.717, 1.165) is 6.42 Å². The van der Waals surface area contributed by atoms with Crippen molar-refractivity contribution in [3.8, 4) is 12.3 Å². The maximum Gasteiger partial charge on any atom is 0.307 e. The molecule has 19 heavy (non-hydrogen) atoms. The molecule has 0 heterocycles. The third-order valence-corrected chi connectivity index (χ3v) is 2.80. The average molecular weight is 259 g/mol. The lowest BCUT2D eigenvalue weighted by molar-refractivity contribution is -0.136. The highest BCUT2D eigenvalue weighted by atomic mass is 16.4. The van der Waals surface area contributed by atoms with Crippen LogP contribution in [-0.2, 0) is 11.2 Å². The summed E-state index contributed by atoms with van der Waals surface area (Å²) in [6, 6.07) is 6.60. The molecular weight excluding hydrogens is 242 g/mol. The van der Waals surface area contributed by atoms with Crippen molar-refractivity contribution >= 4 is 11.9 Å². The lowest BCUT2D eigenvalue weighted by Gasteiger charge is -2.15. The van der Waals surface area contributed by atoms with Crippen molar-refractivity contribution in [1.82, 2.24) is 5.32 Å². The zero-order valence-corrected chi connectivity index (χ0v) is 10.8. The van der Waals surface area contributed by atoms with Crippen LogP contribution in [0.5, 0.6) is 0 Å². The Kier molecular flexibility index (Phi) is 5.62. The summed E-state index contributed by atoms with van der Waals surface area (Å²) in [6.07, 6.45) is 6.26. The van der Waals surface area contributed by atoms with Gasteiger partial charge in [0.25, 0.3) is 5.91 Å². The summed E-state index contributed by atoms with van der Waals surface area (Å²) in [5.41, 5.74) is 0.892. The van der Waals surface area contributed by atoms with Gasteiger partial charge in [0, 0.05) is 18.0 Å². The maximum atomic E-state index is 12.1. The van der Waals surface area contributed by atoms with E-state index in [2.05, 4.69) is 11.2 Å². The Hall–Kier alpha value is -2.28. The molecule has 1 amide bonds. The molecule has 4 nitrogen and oxygen atoms in total. The smallest absolute Gasteiger partial charge is 0.307 e. The quantitative estimate of drug-likeness (QED) is 0.766. The molecule has 1 unspecified atom stereocenters. The van der Waals surface area contributed by atoms with Gasteiger partial charge in [-0.05, 0) is 18.1 Å². The topological polar surface area (TPSA) is 66.4 Å². The van der Waals surface area contributed by atoms with Crippen molar-refractivity contribution < 1.29 is 14.7 Å². The number of benzene rings is 1. The van der Waals surface area contributed by atoms with Crippen LogP contribution in [0.2, 0.25) is 0 Å². The molecule has 2 N–H and O–H groups in total. The summed E-state index contributed by atoms with van der Waals surface area (Å²) < 4.78 is 0. The van der Waals surface area contributed by atoms with Gasteiger partial charge in [-0.15, -0.1) is 12.3 Å². The molecular formula is C15H17NO3. The zero-order chi connectivity index (χ0) is 14.3. The highest BCUT2D eigenvalue weighted by molar-refractivity contribution is 5.96. The Balaban J connectivity index is 2.87. The molecule has 0 spiro atoms. The number of hydrogen-bond donors (Lipinski definition) is 2. The van der Waals surface area contributed by atoms with Crippen LogP contribution in [0.25, 0.3) is 0 Å². The number of terminal acetylenes is 1. The second-order valence-corrected chi connectivity index (χ2v) is 4.21. The van der Waals surface area contributed by atoms with E-state index < -0.39 is 5.97 Å². The van der Waals surface area contributed by atoms with Gasteiger partial charge in [0.2, 0.25) is 0 Å². The summed E-state index contributed by atoms with van der Waals surface area (Å²) in [5.74, 6) is 1.27. The van der Waals surface area contributed by atoms with E-state index >= 15 is 0 Å². The first-order chi connectivity index (χ1) is 9.08. The van der Waals surface area contributed by atoms with E-state index in [1.54, 1.807) is 24.3 Å². The van der Waals surface area contributed by atoms with E-state index in [1.165, 1.54) is 0 Å². The molecule has 1 atom stereocenters. The van der Waals surface area contributed by atoms with Crippen LogP contribution in [0.3, 0.4) is 0 Å². The molecule has 0 fully saturated rings. The molecule has 0 radical (unpaired) electrons. The fourth-order valence-corrected chi connectivity index (χ4v) is 1.76. The van der Waals surface area contributed by atoms with Gasteiger partial charge in [-0.3, -0.25) is 9.59 Å². The monoisotopic (exact) mass is 259 g/mol. The lowest BCUT2D eigenvalue weighted by atomic mass is 10.0. The van der Waals surface area contributed by atoms with Crippen molar-refractivity contribution in [2.24, 2.45) is 0 Å². The molecule has 1 aromatic rings. The SMILES string of the molecule is C#CCC(CC)NC(=O)c1ccccc1CC(=O)O. The number of carbonyl (C=O) groups is 2. The predicted octanol–water partition coefficient (Wildman–Crippen LogP) is 1.85. The van der Waals surface area contributed by atoms with Crippen LogP contribution in [0.1, 0.15) is 35.7 Å². The highest BCUT2D eigenvalue weighted by Crippen LogP contribution is 2.10. The minimum Gasteiger partial charge on any atom is -0.481 e. The first-order valence-electron chi connectivity index (χ1n) is 6.12. The third kappa shape index (κ3) is 4.47. The summed E-state index contributed by atoms with van der Waals surface area (Å²) in [6.45, 7) is 1.94. The molecule has 0 saturated heterocycles. The van der Waals surface area contributed by atoms with Crippen LogP contribution in [0.4, 0.5) is 0 Å². The van der Waals surface area contributed by atoms with Gasteiger partial charge >= 0.3 is 5.97 Å². The average Bonchev–Trinajstić information content (AvgIpc) is 2.38. The van der Waals surface area contributed by atoms with Crippen LogP contribution >= 0.6 is 0 Å². The van der Waals surface area contributed by atoms with Crippen molar-refractivity contribution in [1.29, 1.82) is 0 Å². The normalized spacial score (nSPS) is 11.4. The summed E-state index contributed by atoms with van der Waals surface area (Å²) in [5, 5.41) is 11.7. The first-order valence-corrected chi connectivity index (χ1v) is 6.12. The predicted molar refractivity (Wildman–Crippen MR) is 72.8 cm³/mol. The largest absolute Gasteiger partial charge is 0.481 e. The third-order valence-electron chi connectivity index (χ3n) is 2.80. The van der Waals surface area contributed by atoms with E-state index in [4.69, 9.17) is 11.5 Å². The minimum absolute atomic E-state index is 0.0876. The van der Waals surface area contributed by atoms with E-state index in [0.29, 0.717) is 17.5 Å². The van der Waals surface area contributed by atoms with E-state index in [1.807, 2.05) is 6.92 Å². The summed E-state index contributed by atoms with van der Waals surface area (Å²) in [7, 11) is 0. The fraction of sp³-hybridized carbons (Fsp3) is 0.333. The molecule has 0 aliphatic rings. The van der Waals surface area contributed by atoms with E-state index in [-0.39, 0.29) is 18.4 Å². The number of carboxylic acids is 1. The second kappa shape index (κ2) is 7.22. The van der Waals surface area contributed by atoms with Gasteiger partial charge in [0.15, 0.2) is 0 Å². The van der Waals surface area contributed by atoms with Gasteiger partial charge in [-0.2, -0.15) is 0 Å². The number of hydrogen-bond acceptors (Lipinski definition) is 2. The van der Waals surface area contributed by atoms with Gasteiger partial charge in [-0.1, -0.05) is 25.1 Å². The second-order valence-electron chi connectivity index (χ2n) is 4.21. The number of rotatable bonds is 6. The number of nitrogens with one attached hydrogen (secondary N) is 1. The van der Waals surface area contributed by atoms with Gasteiger partial charge < -0.3 is 10.4 Å². The fourth-order valence-electron chi connectivity index (χ4n) is 1.76.